The number of aromatic nitrogens is 1. The number of aliphatic hydroxyl groups is 1. The van der Waals surface area contributed by atoms with Crippen LogP contribution in [0.3, 0.4) is 0 Å². The Morgan fingerprint density at radius 2 is 2.06 bits per heavy atom. The van der Waals surface area contributed by atoms with Gasteiger partial charge in [-0.2, -0.15) is 0 Å². The number of para-hydroxylation sites is 1. The number of fused-ring (bicyclic) bond motifs is 1. The van der Waals surface area contributed by atoms with Crippen molar-refractivity contribution in [3.05, 3.63) is 29.3 Å². The van der Waals surface area contributed by atoms with Crippen molar-refractivity contribution in [2.45, 2.75) is 39.2 Å². The number of benzene rings is 1. The lowest BCUT2D eigenvalue weighted by molar-refractivity contribution is 0.139. The third-order valence-corrected chi connectivity index (χ3v) is 3.87. The summed E-state index contributed by atoms with van der Waals surface area (Å²) in [7, 11) is 0. The van der Waals surface area contributed by atoms with Gasteiger partial charge in [0.2, 0.25) is 0 Å². The van der Waals surface area contributed by atoms with Gasteiger partial charge in [-0.25, -0.2) is 4.98 Å². The molecule has 1 aromatic heterocycles. The second kappa shape index (κ2) is 5.61. The Morgan fingerprint density at radius 1 is 1.29 bits per heavy atom. The number of nitrogens with zero attached hydrogens (tertiary/aromatic N) is 1. The van der Waals surface area contributed by atoms with E-state index >= 15 is 0 Å². The van der Waals surface area contributed by atoms with Gasteiger partial charge in [0, 0.05) is 6.42 Å². The number of hydrogen-bond donors (Lipinski definition) is 1. The molecule has 1 heterocycles. The van der Waals surface area contributed by atoms with Crippen LogP contribution in [0.2, 0.25) is 0 Å². The summed E-state index contributed by atoms with van der Waals surface area (Å²) >= 11 is 1.74. The maximum atomic E-state index is 9.83. The highest BCUT2D eigenvalue weighted by Gasteiger charge is 2.09. The first kappa shape index (κ1) is 12.5. The molecule has 0 radical (unpaired) electrons. The molecule has 0 amide bonds. The molecule has 1 N–H and O–H groups in total. The molecular formula is C14H19NOS. The van der Waals surface area contributed by atoms with Crippen molar-refractivity contribution in [3.8, 4) is 0 Å². The van der Waals surface area contributed by atoms with E-state index < -0.39 is 0 Å². The van der Waals surface area contributed by atoms with Crippen LogP contribution in [0.25, 0.3) is 10.2 Å². The van der Waals surface area contributed by atoms with Crippen LogP contribution >= 0.6 is 11.3 Å². The van der Waals surface area contributed by atoms with Crippen LogP contribution in [-0.4, -0.2) is 16.2 Å². The van der Waals surface area contributed by atoms with Gasteiger partial charge >= 0.3 is 0 Å². The number of aliphatic hydroxyl groups excluding tert-OH is 1. The van der Waals surface area contributed by atoms with Gasteiger partial charge in [-0.15, -0.1) is 11.3 Å². The smallest absolute Gasteiger partial charge is 0.0939 e. The molecule has 0 spiro atoms. The zero-order valence-electron chi connectivity index (χ0n) is 10.4. The first-order chi connectivity index (χ1) is 8.15. The molecule has 1 aromatic carbocycles. The van der Waals surface area contributed by atoms with Crippen LogP contribution < -0.4 is 0 Å². The quantitative estimate of drug-likeness (QED) is 0.877. The van der Waals surface area contributed by atoms with Crippen molar-refractivity contribution in [1.29, 1.82) is 0 Å². The highest BCUT2D eigenvalue weighted by molar-refractivity contribution is 7.18. The van der Waals surface area contributed by atoms with Crippen LogP contribution in [0.5, 0.6) is 0 Å². The summed E-state index contributed by atoms with van der Waals surface area (Å²) < 4.78 is 1.24. The van der Waals surface area contributed by atoms with Crippen LogP contribution in [0.1, 0.15) is 31.7 Å². The molecule has 0 aliphatic rings. The van der Waals surface area contributed by atoms with Gasteiger partial charge in [-0.05, 0) is 30.9 Å². The number of hydrogen-bond acceptors (Lipinski definition) is 3. The summed E-state index contributed by atoms with van der Waals surface area (Å²) in [6.45, 7) is 4.28. The lowest BCUT2D eigenvalue weighted by Crippen LogP contribution is -2.10. The SMILES string of the molecule is CC(C)CC(O)CCc1nc2ccccc2s1. The van der Waals surface area contributed by atoms with Crippen molar-refractivity contribution < 1.29 is 5.11 Å². The minimum Gasteiger partial charge on any atom is -0.393 e. The van der Waals surface area contributed by atoms with Crippen molar-refractivity contribution >= 4 is 21.6 Å². The second-order valence-electron chi connectivity index (χ2n) is 4.90. The van der Waals surface area contributed by atoms with Gasteiger partial charge < -0.3 is 5.11 Å². The van der Waals surface area contributed by atoms with Gasteiger partial charge in [-0.3, -0.25) is 0 Å². The predicted molar refractivity (Wildman–Crippen MR) is 73.4 cm³/mol. The Labute approximate surface area is 106 Å². The van der Waals surface area contributed by atoms with E-state index in [1.807, 2.05) is 18.2 Å². The molecule has 17 heavy (non-hydrogen) atoms. The van der Waals surface area contributed by atoms with E-state index in [4.69, 9.17) is 0 Å². The van der Waals surface area contributed by atoms with E-state index in [1.165, 1.54) is 4.70 Å². The van der Waals surface area contributed by atoms with Crippen molar-refractivity contribution in [2.75, 3.05) is 0 Å². The number of aryl methyl sites for hydroxylation is 1. The number of rotatable bonds is 5. The van der Waals surface area contributed by atoms with Gasteiger partial charge in [0.05, 0.1) is 21.3 Å². The van der Waals surface area contributed by atoms with E-state index in [1.54, 1.807) is 11.3 Å². The van der Waals surface area contributed by atoms with Crippen molar-refractivity contribution in [1.82, 2.24) is 4.98 Å². The Morgan fingerprint density at radius 3 is 2.76 bits per heavy atom. The van der Waals surface area contributed by atoms with E-state index in [2.05, 4.69) is 24.9 Å². The Kier molecular flexibility index (Phi) is 4.13. The first-order valence-corrected chi connectivity index (χ1v) is 6.99. The molecule has 3 heteroatoms. The molecular weight excluding hydrogens is 230 g/mol. The maximum Gasteiger partial charge on any atom is 0.0939 e. The van der Waals surface area contributed by atoms with Gasteiger partial charge in [0.1, 0.15) is 0 Å². The number of thiazole rings is 1. The third kappa shape index (κ3) is 3.51. The van der Waals surface area contributed by atoms with E-state index in [0.717, 1.165) is 29.8 Å². The molecule has 0 fully saturated rings. The highest BCUT2D eigenvalue weighted by Crippen LogP contribution is 2.23. The van der Waals surface area contributed by atoms with E-state index in [9.17, 15) is 5.11 Å². The lowest BCUT2D eigenvalue weighted by Gasteiger charge is -2.11. The van der Waals surface area contributed by atoms with Crippen LogP contribution in [-0.2, 0) is 6.42 Å². The molecule has 1 unspecified atom stereocenters. The highest BCUT2D eigenvalue weighted by atomic mass is 32.1. The predicted octanol–water partition coefficient (Wildman–Crippen LogP) is 3.64. The summed E-state index contributed by atoms with van der Waals surface area (Å²) in [6, 6.07) is 8.19. The minimum absolute atomic E-state index is 0.193. The van der Waals surface area contributed by atoms with E-state index in [-0.39, 0.29) is 6.10 Å². The molecule has 2 rings (SSSR count). The summed E-state index contributed by atoms with van der Waals surface area (Å²) in [4.78, 5) is 4.57. The van der Waals surface area contributed by atoms with Crippen LogP contribution in [0, 0.1) is 5.92 Å². The third-order valence-electron chi connectivity index (χ3n) is 2.77. The second-order valence-corrected chi connectivity index (χ2v) is 6.01. The summed E-state index contributed by atoms with van der Waals surface area (Å²) in [5.74, 6) is 0.556. The van der Waals surface area contributed by atoms with Crippen molar-refractivity contribution in [2.24, 2.45) is 5.92 Å². The zero-order chi connectivity index (χ0) is 12.3. The molecule has 2 nitrogen and oxygen atoms in total. The zero-order valence-corrected chi connectivity index (χ0v) is 11.2. The Bertz CT molecular complexity index is 445. The lowest BCUT2D eigenvalue weighted by atomic mass is 10.0. The molecule has 1 atom stereocenters. The molecule has 0 saturated carbocycles. The molecule has 0 aliphatic heterocycles. The Hall–Kier alpha value is -0.930. The average Bonchev–Trinajstić information content (AvgIpc) is 2.68. The van der Waals surface area contributed by atoms with Gasteiger partial charge in [-0.1, -0.05) is 26.0 Å². The standard InChI is InChI=1S/C14H19NOS/c1-10(2)9-11(16)7-8-14-15-12-5-3-4-6-13(12)17-14/h3-6,10-11,16H,7-9H2,1-2H3. The van der Waals surface area contributed by atoms with Crippen molar-refractivity contribution in [3.63, 3.8) is 0 Å². The van der Waals surface area contributed by atoms with Crippen LogP contribution in [0.4, 0.5) is 0 Å². The maximum absolute atomic E-state index is 9.83. The monoisotopic (exact) mass is 249 g/mol. The molecule has 0 aliphatic carbocycles. The van der Waals surface area contributed by atoms with Gasteiger partial charge in [0.15, 0.2) is 0 Å². The fraction of sp³-hybridized carbons (Fsp3) is 0.500. The topological polar surface area (TPSA) is 33.1 Å². The summed E-state index contributed by atoms with van der Waals surface area (Å²) in [5.41, 5.74) is 1.07. The molecule has 92 valence electrons. The summed E-state index contributed by atoms with van der Waals surface area (Å²) in [5, 5.41) is 11.0. The average molecular weight is 249 g/mol. The summed E-state index contributed by atoms with van der Waals surface area (Å²) in [6.07, 6.45) is 2.39. The van der Waals surface area contributed by atoms with E-state index in [0.29, 0.717) is 5.92 Å². The van der Waals surface area contributed by atoms with Crippen LogP contribution in [0.15, 0.2) is 24.3 Å². The molecule has 0 saturated heterocycles. The molecule has 2 aromatic rings. The Balaban J connectivity index is 1.95. The minimum atomic E-state index is -0.193. The first-order valence-electron chi connectivity index (χ1n) is 6.17. The normalized spacial score (nSPS) is 13.4. The van der Waals surface area contributed by atoms with Gasteiger partial charge in [0.25, 0.3) is 0 Å². The fourth-order valence-electron chi connectivity index (χ4n) is 1.98. The largest absolute Gasteiger partial charge is 0.393 e. The fourth-order valence-corrected chi connectivity index (χ4v) is 2.96. The molecule has 0 bridgehead atoms.